The van der Waals surface area contributed by atoms with E-state index < -0.39 is 0 Å². The number of hydrogen-bond acceptors (Lipinski definition) is 4. The Bertz CT molecular complexity index is 840. The molecule has 0 aromatic heterocycles. The lowest BCUT2D eigenvalue weighted by Gasteiger charge is -2.33. The quantitative estimate of drug-likeness (QED) is 0.864. The van der Waals surface area contributed by atoms with Gasteiger partial charge in [-0.25, -0.2) is 0 Å². The average molecular weight is 381 g/mol. The van der Waals surface area contributed by atoms with E-state index in [2.05, 4.69) is 10.2 Å². The van der Waals surface area contributed by atoms with Crippen LogP contribution in [0.4, 0.5) is 17.1 Å². The van der Waals surface area contributed by atoms with Gasteiger partial charge >= 0.3 is 0 Å². The van der Waals surface area contributed by atoms with Gasteiger partial charge < -0.3 is 19.9 Å². The number of nitrogens with zero attached hydrogens (tertiary/aromatic N) is 2. The third-order valence-corrected chi connectivity index (χ3v) is 4.95. The third kappa shape index (κ3) is 4.51. The molecule has 1 fully saturated rings. The fourth-order valence-electron chi connectivity index (χ4n) is 3.46. The highest BCUT2D eigenvalue weighted by molar-refractivity contribution is 6.04. The Labute approximate surface area is 166 Å². The van der Waals surface area contributed by atoms with Crippen molar-refractivity contribution in [2.24, 2.45) is 0 Å². The maximum absolute atomic E-state index is 12.8. The minimum atomic E-state index is -0.218. The number of ether oxygens (including phenoxy) is 1. The Morgan fingerprint density at radius 2 is 1.68 bits per heavy atom. The topological polar surface area (TPSA) is 61.9 Å². The summed E-state index contributed by atoms with van der Waals surface area (Å²) < 4.78 is 5.44. The van der Waals surface area contributed by atoms with E-state index in [1.54, 1.807) is 0 Å². The van der Waals surface area contributed by atoms with E-state index >= 15 is 0 Å². The molecule has 0 spiro atoms. The predicted octanol–water partition coefficient (Wildman–Crippen LogP) is 3.13. The molecule has 1 aliphatic heterocycles. The van der Waals surface area contributed by atoms with Crippen LogP contribution >= 0.6 is 0 Å². The van der Waals surface area contributed by atoms with Gasteiger partial charge in [0.05, 0.1) is 24.6 Å². The smallest absolute Gasteiger partial charge is 0.244 e. The molecule has 2 aromatic carbocycles. The Hall–Kier alpha value is -2.86. The summed E-state index contributed by atoms with van der Waals surface area (Å²) in [4.78, 5) is 28.9. The van der Waals surface area contributed by atoms with Gasteiger partial charge in [-0.2, -0.15) is 0 Å². The highest BCUT2D eigenvalue weighted by Crippen LogP contribution is 2.30. The van der Waals surface area contributed by atoms with Crippen LogP contribution in [0, 0.1) is 13.8 Å². The summed E-state index contributed by atoms with van der Waals surface area (Å²) in [7, 11) is 0. The molecular weight excluding hydrogens is 354 g/mol. The third-order valence-electron chi connectivity index (χ3n) is 4.95. The first-order valence-electron chi connectivity index (χ1n) is 9.53. The summed E-state index contributed by atoms with van der Waals surface area (Å²) >= 11 is 0. The number of aryl methyl sites for hydroxylation is 2. The zero-order valence-corrected chi connectivity index (χ0v) is 16.7. The Kier molecular flexibility index (Phi) is 6.31. The molecule has 0 saturated carbocycles. The van der Waals surface area contributed by atoms with Crippen LogP contribution < -0.4 is 15.1 Å². The molecule has 3 rings (SSSR count). The second-order valence-electron chi connectivity index (χ2n) is 7.01. The number of carbonyl (C=O) groups is 2. The van der Waals surface area contributed by atoms with Crippen molar-refractivity contribution >= 4 is 28.9 Å². The molecule has 2 aromatic rings. The summed E-state index contributed by atoms with van der Waals surface area (Å²) in [6.07, 6.45) is 0. The van der Waals surface area contributed by atoms with Gasteiger partial charge in [-0.15, -0.1) is 0 Å². The van der Waals surface area contributed by atoms with E-state index in [1.807, 2.05) is 56.3 Å². The first-order chi connectivity index (χ1) is 13.5. The number of carbonyl (C=O) groups excluding carboxylic acids is 2. The summed E-state index contributed by atoms with van der Waals surface area (Å²) in [6.45, 7) is 8.20. The van der Waals surface area contributed by atoms with Crippen LogP contribution in [0.3, 0.4) is 0 Å². The van der Waals surface area contributed by atoms with Gasteiger partial charge in [0, 0.05) is 25.7 Å². The zero-order chi connectivity index (χ0) is 20.1. The number of amides is 2. The molecule has 1 saturated heterocycles. The van der Waals surface area contributed by atoms with Gasteiger partial charge in [-0.05, 0) is 37.1 Å². The van der Waals surface area contributed by atoms with E-state index in [4.69, 9.17) is 4.74 Å². The van der Waals surface area contributed by atoms with Gasteiger partial charge in [0.1, 0.15) is 6.54 Å². The molecule has 1 aliphatic rings. The number of hydrogen-bond donors (Lipinski definition) is 1. The number of anilines is 3. The lowest BCUT2D eigenvalue weighted by atomic mass is 10.1. The molecule has 6 nitrogen and oxygen atoms in total. The fraction of sp³-hybridized carbons (Fsp3) is 0.364. The van der Waals surface area contributed by atoms with Crippen LogP contribution in [0.15, 0.2) is 42.5 Å². The van der Waals surface area contributed by atoms with Crippen molar-refractivity contribution < 1.29 is 14.3 Å². The fourth-order valence-corrected chi connectivity index (χ4v) is 3.46. The Morgan fingerprint density at radius 1 is 1.04 bits per heavy atom. The number of nitrogens with one attached hydrogen (secondary N) is 1. The molecule has 28 heavy (non-hydrogen) atoms. The van der Waals surface area contributed by atoms with E-state index in [-0.39, 0.29) is 18.4 Å². The van der Waals surface area contributed by atoms with Crippen molar-refractivity contribution in [1.82, 2.24) is 0 Å². The molecule has 0 radical (unpaired) electrons. The largest absolute Gasteiger partial charge is 0.378 e. The lowest BCUT2D eigenvalue weighted by Crippen LogP contribution is -2.40. The predicted molar refractivity (Wildman–Crippen MR) is 112 cm³/mol. The summed E-state index contributed by atoms with van der Waals surface area (Å²) in [6, 6.07) is 13.6. The van der Waals surface area contributed by atoms with Crippen molar-refractivity contribution in [3.63, 3.8) is 0 Å². The monoisotopic (exact) mass is 381 g/mol. The molecular formula is C22H27N3O3. The Morgan fingerprint density at radius 3 is 2.32 bits per heavy atom. The van der Waals surface area contributed by atoms with Crippen LogP contribution in [0.25, 0.3) is 0 Å². The first-order valence-corrected chi connectivity index (χ1v) is 9.53. The van der Waals surface area contributed by atoms with Crippen LogP contribution in [0.2, 0.25) is 0 Å². The second kappa shape index (κ2) is 8.89. The van der Waals surface area contributed by atoms with Crippen LogP contribution in [0.5, 0.6) is 0 Å². The zero-order valence-electron chi connectivity index (χ0n) is 16.7. The van der Waals surface area contributed by atoms with E-state index in [0.29, 0.717) is 13.2 Å². The van der Waals surface area contributed by atoms with E-state index in [1.165, 1.54) is 11.8 Å². The lowest BCUT2D eigenvalue weighted by molar-refractivity contribution is -0.120. The number of para-hydroxylation sites is 3. The average Bonchev–Trinajstić information content (AvgIpc) is 2.69. The molecule has 1 heterocycles. The maximum Gasteiger partial charge on any atom is 0.244 e. The molecule has 0 aliphatic carbocycles. The highest BCUT2D eigenvalue weighted by Gasteiger charge is 2.22. The number of rotatable bonds is 5. The van der Waals surface area contributed by atoms with Crippen molar-refractivity contribution in [1.29, 1.82) is 0 Å². The molecule has 6 heteroatoms. The normalized spacial score (nSPS) is 13.9. The molecule has 1 N–H and O–H groups in total. The Balaban J connectivity index is 1.83. The molecule has 2 amide bonds. The molecule has 0 bridgehead atoms. The number of morpholine rings is 1. The minimum absolute atomic E-state index is 0.0372. The maximum atomic E-state index is 12.8. The van der Waals surface area contributed by atoms with Gasteiger partial charge in [0.25, 0.3) is 0 Å². The standard InChI is InChI=1S/C22H27N3O3/c1-16-7-6-8-17(2)22(16)23-21(27)15-25(18(3)26)20-10-5-4-9-19(20)24-11-13-28-14-12-24/h4-10H,11-15H2,1-3H3,(H,23,27). The van der Waals surface area contributed by atoms with Crippen molar-refractivity contribution in [2.45, 2.75) is 20.8 Å². The summed E-state index contributed by atoms with van der Waals surface area (Å²) in [5, 5.41) is 2.97. The first kappa shape index (κ1) is 19.9. The SMILES string of the molecule is CC(=O)N(CC(=O)Nc1c(C)cccc1C)c1ccccc1N1CCOCC1. The van der Waals surface area contributed by atoms with Crippen LogP contribution in [-0.2, 0) is 14.3 Å². The minimum Gasteiger partial charge on any atom is -0.378 e. The van der Waals surface area contributed by atoms with Gasteiger partial charge in [-0.3, -0.25) is 9.59 Å². The van der Waals surface area contributed by atoms with Gasteiger partial charge in [0.2, 0.25) is 11.8 Å². The van der Waals surface area contributed by atoms with E-state index in [0.717, 1.165) is 41.3 Å². The summed E-state index contributed by atoms with van der Waals surface area (Å²) in [5.74, 6) is -0.387. The summed E-state index contributed by atoms with van der Waals surface area (Å²) in [5.41, 5.74) is 4.49. The number of benzene rings is 2. The highest BCUT2D eigenvalue weighted by atomic mass is 16.5. The van der Waals surface area contributed by atoms with Crippen molar-refractivity contribution in [2.75, 3.05) is 48.0 Å². The molecule has 0 atom stereocenters. The van der Waals surface area contributed by atoms with Crippen molar-refractivity contribution in [3.8, 4) is 0 Å². The molecule has 0 unspecified atom stereocenters. The molecule has 148 valence electrons. The van der Waals surface area contributed by atoms with Gasteiger partial charge in [-0.1, -0.05) is 30.3 Å². The van der Waals surface area contributed by atoms with Crippen molar-refractivity contribution in [3.05, 3.63) is 53.6 Å². The second-order valence-corrected chi connectivity index (χ2v) is 7.01. The van der Waals surface area contributed by atoms with E-state index in [9.17, 15) is 9.59 Å². The van der Waals surface area contributed by atoms with Crippen LogP contribution in [0.1, 0.15) is 18.1 Å². The van der Waals surface area contributed by atoms with Crippen LogP contribution in [-0.4, -0.2) is 44.7 Å². The van der Waals surface area contributed by atoms with Gasteiger partial charge in [0.15, 0.2) is 0 Å².